The zero-order chi connectivity index (χ0) is 16.6. The largest absolute Gasteiger partial charge is 0.480 e. The lowest BCUT2D eigenvalue weighted by Gasteiger charge is -2.33. The molecule has 120 valence electrons. The maximum absolute atomic E-state index is 12.6. The number of carboxylic acid groups (broad SMARTS) is 1. The van der Waals surface area contributed by atoms with Crippen LogP contribution in [0.4, 0.5) is 0 Å². The van der Waals surface area contributed by atoms with Gasteiger partial charge in [0.25, 0.3) is 0 Å². The minimum absolute atomic E-state index is 0.137. The second-order valence-corrected chi connectivity index (χ2v) is 6.27. The standard InChI is InChI=1S/C15H15BrN4O3/c1-9-17-18-13-8-20(12(15(22)23)7-19(9)13)14(21)6-10-4-2-3-5-11(10)16/h2-5,12H,6-8H2,1H3,(H,22,23). The first-order chi connectivity index (χ1) is 11.0. The van der Waals surface area contributed by atoms with Gasteiger partial charge >= 0.3 is 5.97 Å². The van der Waals surface area contributed by atoms with Gasteiger partial charge in [-0.25, -0.2) is 4.79 Å². The first-order valence-electron chi connectivity index (χ1n) is 7.11. The molecule has 1 amide bonds. The highest BCUT2D eigenvalue weighted by Crippen LogP contribution is 2.22. The van der Waals surface area contributed by atoms with E-state index in [4.69, 9.17) is 0 Å². The van der Waals surface area contributed by atoms with Crippen LogP contribution in [0.3, 0.4) is 0 Å². The summed E-state index contributed by atoms with van der Waals surface area (Å²) in [7, 11) is 0. The van der Waals surface area contributed by atoms with Crippen LogP contribution < -0.4 is 0 Å². The van der Waals surface area contributed by atoms with E-state index < -0.39 is 12.0 Å². The Labute approximate surface area is 141 Å². The number of carbonyl (C=O) groups excluding carboxylic acids is 1. The molecule has 7 nitrogen and oxygen atoms in total. The van der Waals surface area contributed by atoms with Gasteiger partial charge < -0.3 is 14.6 Å². The summed E-state index contributed by atoms with van der Waals surface area (Å²) in [5, 5.41) is 17.5. The van der Waals surface area contributed by atoms with E-state index in [-0.39, 0.29) is 25.4 Å². The van der Waals surface area contributed by atoms with Crippen LogP contribution in [0, 0.1) is 6.92 Å². The average molecular weight is 379 g/mol. The number of aromatic nitrogens is 3. The van der Waals surface area contributed by atoms with Gasteiger partial charge in [-0.1, -0.05) is 34.1 Å². The fourth-order valence-corrected chi connectivity index (χ4v) is 3.12. The normalized spacial score (nSPS) is 17.0. The summed E-state index contributed by atoms with van der Waals surface area (Å²) in [6.45, 7) is 2.10. The molecule has 1 atom stereocenters. The number of benzene rings is 1. The molecule has 0 bridgehead atoms. The lowest BCUT2D eigenvalue weighted by Crippen LogP contribution is -2.51. The van der Waals surface area contributed by atoms with E-state index in [1.165, 1.54) is 4.90 Å². The van der Waals surface area contributed by atoms with Crippen molar-refractivity contribution in [1.82, 2.24) is 19.7 Å². The number of halogens is 1. The number of hydrogen-bond acceptors (Lipinski definition) is 4. The summed E-state index contributed by atoms with van der Waals surface area (Å²) >= 11 is 3.41. The van der Waals surface area contributed by atoms with Crippen molar-refractivity contribution in [2.45, 2.75) is 32.5 Å². The summed E-state index contributed by atoms with van der Waals surface area (Å²) in [6.07, 6.45) is 0.137. The Hall–Kier alpha value is -2.22. The van der Waals surface area contributed by atoms with Gasteiger partial charge in [0.2, 0.25) is 5.91 Å². The monoisotopic (exact) mass is 378 g/mol. The molecule has 1 aliphatic rings. The summed E-state index contributed by atoms with van der Waals surface area (Å²) in [5.41, 5.74) is 0.824. The number of aryl methyl sites for hydroxylation is 1. The summed E-state index contributed by atoms with van der Waals surface area (Å²) < 4.78 is 2.58. The Bertz CT molecular complexity index is 774. The molecule has 0 fully saturated rings. The second-order valence-electron chi connectivity index (χ2n) is 5.42. The third-order valence-electron chi connectivity index (χ3n) is 3.96. The highest BCUT2D eigenvalue weighted by atomic mass is 79.9. The number of amides is 1. The minimum Gasteiger partial charge on any atom is -0.480 e. The van der Waals surface area contributed by atoms with Crippen molar-refractivity contribution in [3.8, 4) is 0 Å². The number of aliphatic carboxylic acids is 1. The first kappa shape index (κ1) is 15.7. The van der Waals surface area contributed by atoms with Gasteiger partial charge in [-0.15, -0.1) is 10.2 Å². The molecule has 1 aromatic carbocycles. The minimum atomic E-state index is -1.02. The van der Waals surface area contributed by atoms with Gasteiger partial charge in [0.1, 0.15) is 11.9 Å². The predicted octanol–water partition coefficient (Wildman–Crippen LogP) is 1.39. The SMILES string of the molecule is Cc1nnc2n1CC(C(=O)O)N(C(=O)Cc1ccccc1Br)C2. The maximum Gasteiger partial charge on any atom is 0.328 e. The molecule has 0 aliphatic carbocycles. The van der Waals surface area contributed by atoms with Crippen molar-refractivity contribution >= 4 is 27.8 Å². The van der Waals surface area contributed by atoms with Gasteiger partial charge in [0, 0.05) is 4.47 Å². The molecule has 2 aromatic rings. The van der Waals surface area contributed by atoms with Crippen LogP contribution in [0.2, 0.25) is 0 Å². The van der Waals surface area contributed by atoms with Crippen LogP contribution in [0.15, 0.2) is 28.7 Å². The van der Waals surface area contributed by atoms with Crippen LogP contribution in [0.1, 0.15) is 17.2 Å². The van der Waals surface area contributed by atoms with E-state index in [1.54, 1.807) is 11.5 Å². The Kier molecular flexibility index (Phi) is 4.16. The number of hydrogen-bond donors (Lipinski definition) is 1. The Morgan fingerprint density at radius 3 is 2.78 bits per heavy atom. The summed E-state index contributed by atoms with van der Waals surface area (Å²) in [4.78, 5) is 25.6. The summed E-state index contributed by atoms with van der Waals surface area (Å²) in [5.74, 6) is 0.00469. The number of fused-ring (bicyclic) bond motifs is 1. The van der Waals surface area contributed by atoms with Crippen molar-refractivity contribution in [2.75, 3.05) is 0 Å². The van der Waals surface area contributed by atoms with Gasteiger partial charge in [0.15, 0.2) is 5.82 Å². The van der Waals surface area contributed by atoms with Crippen molar-refractivity contribution < 1.29 is 14.7 Å². The zero-order valence-electron chi connectivity index (χ0n) is 12.4. The first-order valence-corrected chi connectivity index (χ1v) is 7.91. The molecule has 0 saturated carbocycles. The number of rotatable bonds is 3. The molecular weight excluding hydrogens is 364 g/mol. The lowest BCUT2D eigenvalue weighted by molar-refractivity contribution is -0.152. The third-order valence-corrected chi connectivity index (χ3v) is 4.73. The molecule has 0 saturated heterocycles. The molecule has 1 aromatic heterocycles. The molecule has 8 heteroatoms. The van der Waals surface area contributed by atoms with Gasteiger partial charge in [-0.05, 0) is 18.6 Å². The van der Waals surface area contributed by atoms with Crippen molar-refractivity contribution in [3.05, 3.63) is 46.0 Å². The second kappa shape index (κ2) is 6.11. The molecule has 1 aliphatic heterocycles. The van der Waals surface area contributed by atoms with Crippen LogP contribution in [-0.4, -0.2) is 42.7 Å². The van der Waals surface area contributed by atoms with E-state index in [0.29, 0.717) is 11.6 Å². The van der Waals surface area contributed by atoms with Crippen LogP contribution in [0.5, 0.6) is 0 Å². The molecule has 1 unspecified atom stereocenters. The molecule has 3 rings (SSSR count). The fourth-order valence-electron chi connectivity index (χ4n) is 2.69. The van der Waals surface area contributed by atoms with Crippen LogP contribution >= 0.6 is 15.9 Å². The molecule has 0 radical (unpaired) electrons. The van der Waals surface area contributed by atoms with Gasteiger partial charge in [-0.3, -0.25) is 4.79 Å². The van der Waals surface area contributed by atoms with Crippen molar-refractivity contribution in [2.24, 2.45) is 0 Å². The van der Waals surface area contributed by atoms with E-state index in [0.717, 1.165) is 10.0 Å². The van der Waals surface area contributed by atoms with Crippen LogP contribution in [-0.2, 0) is 29.1 Å². The molecular formula is C15H15BrN4O3. The van der Waals surface area contributed by atoms with E-state index in [1.807, 2.05) is 24.3 Å². The number of nitrogens with zero attached hydrogens (tertiary/aromatic N) is 4. The van der Waals surface area contributed by atoms with Crippen LogP contribution in [0.25, 0.3) is 0 Å². The highest BCUT2D eigenvalue weighted by Gasteiger charge is 2.36. The molecule has 2 heterocycles. The predicted molar refractivity (Wildman–Crippen MR) is 84.6 cm³/mol. The zero-order valence-corrected chi connectivity index (χ0v) is 14.0. The average Bonchev–Trinajstić information content (AvgIpc) is 2.89. The topological polar surface area (TPSA) is 88.3 Å². The Morgan fingerprint density at radius 2 is 2.09 bits per heavy atom. The third kappa shape index (κ3) is 2.98. The van der Waals surface area contributed by atoms with E-state index >= 15 is 0 Å². The number of carboxylic acids is 1. The van der Waals surface area contributed by atoms with Gasteiger partial charge in [-0.2, -0.15) is 0 Å². The molecule has 1 N–H and O–H groups in total. The van der Waals surface area contributed by atoms with Gasteiger partial charge in [0.05, 0.1) is 19.5 Å². The highest BCUT2D eigenvalue weighted by molar-refractivity contribution is 9.10. The smallest absolute Gasteiger partial charge is 0.328 e. The lowest BCUT2D eigenvalue weighted by atomic mass is 10.1. The number of carbonyl (C=O) groups is 2. The molecule has 23 heavy (non-hydrogen) atoms. The fraction of sp³-hybridized carbons (Fsp3) is 0.333. The Balaban J connectivity index is 1.86. The maximum atomic E-state index is 12.6. The Morgan fingerprint density at radius 1 is 1.35 bits per heavy atom. The van der Waals surface area contributed by atoms with E-state index in [9.17, 15) is 14.7 Å². The summed E-state index contributed by atoms with van der Waals surface area (Å²) in [6, 6.07) is 6.50. The quantitative estimate of drug-likeness (QED) is 0.871. The molecule has 0 spiro atoms. The van der Waals surface area contributed by atoms with E-state index in [2.05, 4.69) is 26.1 Å². The van der Waals surface area contributed by atoms with Crippen molar-refractivity contribution in [3.63, 3.8) is 0 Å². The van der Waals surface area contributed by atoms with Crippen molar-refractivity contribution in [1.29, 1.82) is 0 Å².